The van der Waals surface area contributed by atoms with E-state index in [0.29, 0.717) is 13.0 Å². The Bertz CT molecular complexity index is 298. The molecule has 0 unspecified atom stereocenters. The standard InChI is InChI=1S/C9H15N3OS/c1-2-3-11-8(13)4-7-6-14-9(5-10)12-7/h6H,2-5,10H2,1H3,(H,11,13). The van der Waals surface area contributed by atoms with Gasteiger partial charge in [-0.3, -0.25) is 4.79 Å². The van der Waals surface area contributed by atoms with Gasteiger partial charge in [0.15, 0.2) is 0 Å². The van der Waals surface area contributed by atoms with E-state index in [1.807, 2.05) is 12.3 Å². The quantitative estimate of drug-likeness (QED) is 0.755. The first kappa shape index (κ1) is 11.1. The summed E-state index contributed by atoms with van der Waals surface area (Å²) in [7, 11) is 0. The van der Waals surface area contributed by atoms with Crippen LogP contribution in [-0.2, 0) is 17.8 Å². The van der Waals surface area contributed by atoms with Gasteiger partial charge in [-0.1, -0.05) is 6.92 Å². The van der Waals surface area contributed by atoms with Crippen molar-refractivity contribution in [3.63, 3.8) is 0 Å². The van der Waals surface area contributed by atoms with Crippen molar-refractivity contribution in [1.82, 2.24) is 10.3 Å². The normalized spacial score (nSPS) is 10.1. The molecule has 0 atom stereocenters. The molecule has 0 bridgehead atoms. The van der Waals surface area contributed by atoms with Gasteiger partial charge >= 0.3 is 0 Å². The van der Waals surface area contributed by atoms with E-state index in [-0.39, 0.29) is 5.91 Å². The second-order valence-corrected chi connectivity index (χ2v) is 3.91. The molecule has 0 spiro atoms. The molecule has 0 radical (unpaired) electrons. The summed E-state index contributed by atoms with van der Waals surface area (Å²) in [6.07, 6.45) is 1.31. The van der Waals surface area contributed by atoms with Crippen molar-refractivity contribution >= 4 is 17.2 Å². The number of aromatic nitrogens is 1. The Morgan fingerprint density at radius 2 is 2.50 bits per heavy atom. The minimum absolute atomic E-state index is 0.0284. The SMILES string of the molecule is CCCNC(=O)Cc1csc(CN)n1. The van der Waals surface area contributed by atoms with Crippen LogP contribution in [-0.4, -0.2) is 17.4 Å². The van der Waals surface area contributed by atoms with E-state index in [2.05, 4.69) is 10.3 Å². The zero-order chi connectivity index (χ0) is 10.4. The number of carbonyl (C=O) groups excluding carboxylic acids is 1. The highest BCUT2D eigenvalue weighted by Gasteiger charge is 2.05. The van der Waals surface area contributed by atoms with E-state index in [9.17, 15) is 4.79 Å². The van der Waals surface area contributed by atoms with Crippen molar-refractivity contribution in [3.05, 3.63) is 16.1 Å². The smallest absolute Gasteiger partial charge is 0.226 e. The Balaban J connectivity index is 2.39. The first-order valence-corrected chi connectivity index (χ1v) is 5.54. The highest BCUT2D eigenvalue weighted by atomic mass is 32.1. The van der Waals surface area contributed by atoms with Gasteiger partial charge in [0, 0.05) is 18.5 Å². The lowest BCUT2D eigenvalue weighted by atomic mass is 10.3. The number of nitrogens with one attached hydrogen (secondary N) is 1. The number of hydrogen-bond acceptors (Lipinski definition) is 4. The highest BCUT2D eigenvalue weighted by molar-refractivity contribution is 7.09. The monoisotopic (exact) mass is 213 g/mol. The molecule has 4 nitrogen and oxygen atoms in total. The Labute approximate surface area is 87.5 Å². The highest BCUT2D eigenvalue weighted by Crippen LogP contribution is 2.08. The molecule has 14 heavy (non-hydrogen) atoms. The molecule has 1 aromatic rings. The predicted molar refractivity (Wildman–Crippen MR) is 57.0 cm³/mol. The van der Waals surface area contributed by atoms with E-state index in [1.54, 1.807) is 0 Å². The van der Waals surface area contributed by atoms with Gasteiger partial charge < -0.3 is 11.1 Å². The summed E-state index contributed by atoms with van der Waals surface area (Å²) < 4.78 is 0. The van der Waals surface area contributed by atoms with E-state index in [4.69, 9.17) is 5.73 Å². The summed E-state index contributed by atoms with van der Waals surface area (Å²) >= 11 is 1.50. The fraction of sp³-hybridized carbons (Fsp3) is 0.556. The number of amides is 1. The van der Waals surface area contributed by atoms with Gasteiger partial charge in [0.25, 0.3) is 0 Å². The van der Waals surface area contributed by atoms with Crippen LogP contribution in [0.15, 0.2) is 5.38 Å². The maximum atomic E-state index is 11.3. The molecule has 0 aliphatic rings. The number of nitrogens with zero attached hydrogens (tertiary/aromatic N) is 1. The third kappa shape index (κ3) is 3.43. The predicted octanol–water partition coefficient (Wildman–Crippen LogP) is 0.670. The molecule has 0 fully saturated rings. The lowest BCUT2D eigenvalue weighted by Gasteiger charge is -2.00. The van der Waals surface area contributed by atoms with Gasteiger partial charge in [-0.2, -0.15) is 0 Å². The van der Waals surface area contributed by atoms with Gasteiger partial charge in [-0.05, 0) is 6.42 Å². The molecule has 1 heterocycles. The molecule has 0 aliphatic carbocycles. The van der Waals surface area contributed by atoms with Crippen LogP contribution in [0.2, 0.25) is 0 Å². The van der Waals surface area contributed by atoms with Crippen molar-refractivity contribution in [1.29, 1.82) is 0 Å². The van der Waals surface area contributed by atoms with Gasteiger partial charge in [0.1, 0.15) is 5.01 Å². The maximum Gasteiger partial charge on any atom is 0.226 e. The van der Waals surface area contributed by atoms with Crippen LogP contribution in [0.3, 0.4) is 0 Å². The summed E-state index contributed by atoms with van der Waals surface area (Å²) in [6.45, 7) is 3.20. The summed E-state index contributed by atoms with van der Waals surface area (Å²) in [5.41, 5.74) is 6.23. The largest absolute Gasteiger partial charge is 0.356 e. The number of nitrogens with two attached hydrogens (primary N) is 1. The van der Waals surface area contributed by atoms with Crippen molar-refractivity contribution in [2.24, 2.45) is 5.73 Å². The van der Waals surface area contributed by atoms with Crippen molar-refractivity contribution < 1.29 is 4.79 Å². The zero-order valence-electron chi connectivity index (χ0n) is 8.25. The minimum Gasteiger partial charge on any atom is -0.356 e. The van der Waals surface area contributed by atoms with Crippen molar-refractivity contribution in [3.8, 4) is 0 Å². The fourth-order valence-electron chi connectivity index (χ4n) is 1.02. The molecular weight excluding hydrogens is 198 g/mol. The number of thiazole rings is 1. The number of hydrogen-bond donors (Lipinski definition) is 2. The van der Waals surface area contributed by atoms with E-state index in [0.717, 1.165) is 23.7 Å². The van der Waals surface area contributed by atoms with Crippen LogP contribution in [0.5, 0.6) is 0 Å². The number of rotatable bonds is 5. The van der Waals surface area contributed by atoms with Gasteiger partial charge in [-0.15, -0.1) is 11.3 Å². The molecular formula is C9H15N3OS. The van der Waals surface area contributed by atoms with Gasteiger partial charge in [0.2, 0.25) is 5.91 Å². The van der Waals surface area contributed by atoms with Crippen LogP contribution in [0, 0.1) is 0 Å². The first-order chi connectivity index (χ1) is 6.76. The molecule has 5 heteroatoms. The number of carbonyl (C=O) groups is 1. The molecule has 0 aromatic carbocycles. The van der Waals surface area contributed by atoms with E-state index < -0.39 is 0 Å². The Morgan fingerprint density at radius 1 is 1.71 bits per heavy atom. The Morgan fingerprint density at radius 3 is 3.07 bits per heavy atom. The molecule has 0 saturated carbocycles. The zero-order valence-corrected chi connectivity index (χ0v) is 9.06. The third-order valence-electron chi connectivity index (χ3n) is 1.69. The second kappa shape index (κ2) is 5.72. The van der Waals surface area contributed by atoms with E-state index >= 15 is 0 Å². The van der Waals surface area contributed by atoms with Crippen LogP contribution in [0.1, 0.15) is 24.0 Å². The van der Waals surface area contributed by atoms with Crippen LogP contribution < -0.4 is 11.1 Å². The molecule has 78 valence electrons. The molecule has 0 saturated heterocycles. The van der Waals surface area contributed by atoms with Crippen molar-refractivity contribution in [2.75, 3.05) is 6.54 Å². The van der Waals surface area contributed by atoms with Crippen LogP contribution in [0.25, 0.3) is 0 Å². The summed E-state index contributed by atoms with van der Waals surface area (Å²) in [4.78, 5) is 15.5. The average Bonchev–Trinajstić information content (AvgIpc) is 2.62. The summed E-state index contributed by atoms with van der Waals surface area (Å²) in [6, 6.07) is 0. The molecule has 3 N–H and O–H groups in total. The fourth-order valence-corrected chi connectivity index (χ4v) is 1.69. The van der Waals surface area contributed by atoms with Crippen LogP contribution >= 0.6 is 11.3 Å². The van der Waals surface area contributed by atoms with Crippen molar-refractivity contribution in [2.45, 2.75) is 26.3 Å². The third-order valence-corrected chi connectivity index (χ3v) is 2.61. The lowest BCUT2D eigenvalue weighted by molar-refractivity contribution is -0.120. The first-order valence-electron chi connectivity index (χ1n) is 4.66. The second-order valence-electron chi connectivity index (χ2n) is 2.96. The van der Waals surface area contributed by atoms with Crippen LogP contribution in [0.4, 0.5) is 0 Å². The lowest BCUT2D eigenvalue weighted by Crippen LogP contribution is -2.25. The topological polar surface area (TPSA) is 68.0 Å². The molecule has 0 aliphatic heterocycles. The molecule has 1 aromatic heterocycles. The minimum atomic E-state index is 0.0284. The molecule has 1 rings (SSSR count). The Kier molecular flexibility index (Phi) is 4.55. The summed E-state index contributed by atoms with van der Waals surface area (Å²) in [5.74, 6) is 0.0284. The van der Waals surface area contributed by atoms with E-state index in [1.165, 1.54) is 11.3 Å². The average molecular weight is 213 g/mol. The summed E-state index contributed by atoms with van der Waals surface area (Å²) in [5, 5.41) is 5.56. The maximum absolute atomic E-state index is 11.3. The van der Waals surface area contributed by atoms with Gasteiger partial charge in [-0.25, -0.2) is 4.98 Å². The Hall–Kier alpha value is -0.940. The molecule has 1 amide bonds. The van der Waals surface area contributed by atoms with Gasteiger partial charge in [0.05, 0.1) is 12.1 Å².